The first kappa shape index (κ1) is 19.0. The number of terminal acetylenes is 1. The largest absolute Gasteiger partial charge is 0.419 e. The Bertz CT molecular complexity index is 885. The predicted molar refractivity (Wildman–Crippen MR) is 86.7 cm³/mol. The lowest BCUT2D eigenvalue weighted by Crippen LogP contribution is -2.33. The molecule has 0 spiro atoms. The summed E-state index contributed by atoms with van der Waals surface area (Å²) in [6.07, 6.45) is 0.308. The smallest absolute Gasteiger partial charge is 0.343 e. The third kappa shape index (κ3) is 4.83. The van der Waals surface area contributed by atoms with Gasteiger partial charge in [-0.15, -0.1) is 6.42 Å². The summed E-state index contributed by atoms with van der Waals surface area (Å²) in [5, 5.41) is 4.64. The first-order valence-electron chi connectivity index (χ1n) is 7.22. The minimum Gasteiger partial charge on any atom is -0.343 e. The lowest BCUT2D eigenvalue weighted by molar-refractivity contribution is -0.140. The highest BCUT2D eigenvalue weighted by molar-refractivity contribution is 5.99. The van der Waals surface area contributed by atoms with Gasteiger partial charge < -0.3 is 10.6 Å². The maximum atomic E-state index is 13.2. The van der Waals surface area contributed by atoms with Crippen molar-refractivity contribution in [3.63, 3.8) is 0 Å². The summed E-state index contributed by atoms with van der Waals surface area (Å²) < 4.78 is 51.2. The van der Waals surface area contributed by atoms with E-state index < -0.39 is 41.5 Å². The molecular weight excluding hydrogens is 352 g/mol. The van der Waals surface area contributed by atoms with Crippen LogP contribution in [0.2, 0.25) is 0 Å². The van der Waals surface area contributed by atoms with Gasteiger partial charge in [-0.3, -0.25) is 9.59 Å². The average molecular weight is 364 g/mol. The van der Waals surface area contributed by atoms with Crippen LogP contribution < -0.4 is 10.6 Å². The Morgan fingerprint density at radius 3 is 2.50 bits per heavy atom. The third-order valence-corrected chi connectivity index (χ3v) is 3.26. The van der Waals surface area contributed by atoms with E-state index in [1.807, 2.05) is 0 Å². The molecule has 0 fully saturated rings. The molecule has 26 heavy (non-hydrogen) atoms. The van der Waals surface area contributed by atoms with Crippen molar-refractivity contribution in [1.29, 1.82) is 0 Å². The van der Waals surface area contributed by atoms with E-state index in [9.17, 15) is 27.2 Å². The molecule has 2 aromatic rings. The van der Waals surface area contributed by atoms with E-state index in [-0.39, 0.29) is 0 Å². The Morgan fingerprint density at radius 2 is 1.85 bits per heavy atom. The summed E-state index contributed by atoms with van der Waals surface area (Å²) in [7, 11) is 0. The van der Waals surface area contributed by atoms with Gasteiger partial charge in [0.2, 0.25) is 5.91 Å². The number of carbonyl (C=O) groups excluding carboxylic acids is 2. The number of rotatable bonds is 4. The van der Waals surface area contributed by atoms with Crippen LogP contribution in [0.25, 0.3) is 0 Å². The van der Waals surface area contributed by atoms with Gasteiger partial charge in [-0.05, 0) is 36.4 Å². The van der Waals surface area contributed by atoms with Gasteiger partial charge in [-0.2, -0.15) is 13.2 Å². The SMILES string of the molecule is C#Cc1cccc(NC(=O)CNC(=O)c2ccc(F)c(C(F)(F)F)c2)c1. The van der Waals surface area contributed by atoms with E-state index in [1.54, 1.807) is 18.2 Å². The van der Waals surface area contributed by atoms with Gasteiger partial charge in [0.15, 0.2) is 0 Å². The number of hydrogen-bond donors (Lipinski definition) is 2. The van der Waals surface area contributed by atoms with Crippen molar-refractivity contribution in [2.45, 2.75) is 6.18 Å². The fourth-order valence-electron chi connectivity index (χ4n) is 2.04. The molecule has 0 saturated heterocycles. The Balaban J connectivity index is 2.00. The summed E-state index contributed by atoms with van der Waals surface area (Å²) in [5.74, 6) is -0.643. The number of halogens is 4. The summed E-state index contributed by atoms with van der Waals surface area (Å²) >= 11 is 0. The van der Waals surface area contributed by atoms with Crippen molar-refractivity contribution in [1.82, 2.24) is 5.32 Å². The highest BCUT2D eigenvalue weighted by Gasteiger charge is 2.34. The fourth-order valence-corrected chi connectivity index (χ4v) is 2.04. The van der Waals surface area contributed by atoms with Gasteiger partial charge in [0, 0.05) is 16.8 Å². The molecule has 0 aliphatic heterocycles. The maximum Gasteiger partial charge on any atom is 0.419 e. The standard InChI is InChI=1S/C18H12F4N2O2/c1-2-11-4-3-5-13(8-11)24-16(25)10-23-17(26)12-6-7-15(19)14(9-12)18(20,21)22/h1,3-9H,10H2,(H,23,26)(H,24,25). The molecule has 0 heterocycles. The molecule has 2 amide bonds. The molecule has 0 aromatic heterocycles. The molecule has 0 aliphatic carbocycles. The van der Waals surface area contributed by atoms with Crippen molar-refractivity contribution in [3.05, 3.63) is 65.0 Å². The first-order chi connectivity index (χ1) is 12.2. The second kappa shape index (κ2) is 7.70. The van der Waals surface area contributed by atoms with Crippen molar-refractivity contribution in [2.75, 3.05) is 11.9 Å². The molecule has 8 heteroatoms. The third-order valence-electron chi connectivity index (χ3n) is 3.26. The van der Waals surface area contributed by atoms with Crippen LogP contribution in [0.1, 0.15) is 21.5 Å². The number of carbonyl (C=O) groups is 2. The minimum absolute atomic E-state index is 0.388. The lowest BCUT2D eigenvalue weighted by Gasteiger charge is -2.11. The summed E-state index contributed by atoms with van der Waals surface area (Å²) in [6, 6.07) is 8.23. The van der Waals surface area contributed by atoms with Crippen LogP contribution in [0.15, 0.2) is 42.5 Å². The van der Waals surface area contributed by atoms with Gasteiger partial charge in [0.1, 0.15) is 5.82 Å². The number of anilines is 1. The molecule has 0 atom stereocenters. The molecule has 134 valence electrons. The molecule has 0 radical (unpaired) electrons. The normalized spacial score (nSPS) is 10.7. The van der Waals surface area contributed by atoms with Crippen molar-refractivity contribution in [3.8, 4) is 12.3 Å². The number of nitrogens with one attached hydrogen (secondary N) is 2. The number of benzene rings is 2. The van der Waals surface area contributed by atoms with Crippen molar-refractivity contribution in [2.24, 2.45) is 0 Å². The zero-order valence-electron chi connectivity index (χ0n) is 13.2. The quantitative estimate of drug-likeness (QED) is 0.647. The number of alkyl halides is 3. The van der Waals surface area contributed by atoms with Gasteiger partial charge in [0.25, 0.3) is 5.91 Å². The van der Waals surface area contributed by atoms with E-state index in [4.69, 9.17) is 6.42 Å². The molecule has 0 bridgehead atoms. The van der Waals surface area contributed by atoms with Crippen LogP contribution in [-0.4, -0.2) is 18.4 Å². The summed E-state index contributed by atoms with van der Waals surface area (Å²) in [5.41, 5.74) is -1.03. The highest BCUT2D eigenvalue weighted by atomic mass is 19.4. The van der Waals surface area contributed by atoms with E-state index >= 15 is 0 Å². The molecule has 2 aromatic carbocycles. The number of hydrogen-bond acceptors (Lipinski definition) is 2. The van der Waals surface area contributed by atoms with E-state index in [2.05, 4.69) is 16.6 Å². The maximum absolute atomic E-state index is 13.2. The molecule has 2 rings (SSSR count). The highest BCUT2D eigenvalue weighted by Crippen LogP contribution is 2.31. The Kier molecular flexibility index (Phi) is 5.62. The summed E-state index contributed by atoms with van der Waals surface area (Å²) in [6.45, 7) is -0.488. The first-order valence-corrected chi connectivity index (χ1v) is 7.22. The van der Waals surface area contributed by atoms with Crippen molar-refractivity contribution >= 4 is 17.5 Å². The molecule has 2 N–H and O–H groups in total. The van der Waals surface area contributed by atoms with Gasteiger partial charge >= 0.3 is 6.18 Å². The zero-order chi connectivity index (χ0) is 19.3. The monoisotopic (exact) mass is 364 g/mol. The summed E-state index contributed by atoms with van der Waals surface area (Å²) in [4.78, 5) is 23.7. The second-order valence-electron chi connectivity index (χ2n) is 5.15. The Labute approximate surface area is 146 Å². The van der Waals surface area contributed by atoms with E-state index in [1.165, 1.54) is 6.07 Å². The van der Waals surface area contributed by atoms with Crippen LogP contribution in [0.5, 0.6) is 0 Å². The molecule has 0 saturated carbocycles. The predicted octanol–water partition coefficient (Wildman–Crippen LogP) is 3.19. The van der Waals surface area contributed by atoms with E-state index in [0.717, 1.165) is 6.07 Å². The van der Waals surface area contributed by atoms with Gasteiger partial charge in [0.05, 0.1) is 12.1 Å². The Morgan fingerprint density at radius 1 is 1.12 bits per heavy atom. The van der Waals surface area contributed by atoms with E-state index in [0.29, 0.717) is 23.4 Å². The molecule has 0 unspecified atom stereocenters. The lowest BCUT2D eigenvalue weighted by atomic mass is 10.1. The topological polar surface area (TPSA) is 58.2 Å². The van der Waals surface area contributed by atoms with Crippen LogP contribution in [0, 0.1) is 18.2 Å². The molecular formula is C18H12F4N2O2. The van der Waals surface area contributed by atoms with Crippen LogP contribution in [0.4, 0.5) is 23.2 Å². The van der Waals surface area contributed by atoms with Gasteiger partial charge in [-0.25, -0.2) is 4.39 Å². The van der Waals surface area contributed by atoms with Crippen molar-refractivity contribution < 1.29 is 27.2 Å². The molecule has 0 aliphatic rings. The van der Waals surface area contributed by atoms with Crippen LogP contribution in [0.3, 0.4) is 0 Å². The van der Waals surface area contributed by atoms with Gasteiger partial charge in [-0.1, -0.05) is 12.0 Å². The minimum atomic E-state index is -4.93. The average Bonchev–Trinajstić information content (AvgIpc) is 2.59. The van der Waals surface area contributed by atoms with Crippen LogP contribution in [-0.2, 0) is 11.0 Å². The number of amides is 2. The molecule has 4 nitrogen and oxygen atoms in total. The Hall–Kier alpha value is -3.34. The zero-order valence-corrected chi connectivity index (χ0v) is 13.2. The van der Waals surface area contributed by atoms with Crippen LogP contribution >= 0.6 is 0 Å². The second-order valence-corrected chi connectivity index (χ2v) is 5.15. The fraction of sp³-hybridized carbons (Fsp3) is 0.111.